The van der Waals surface area contributed by atoms with E-state index in [1.54, 1.807) is 0 Å². The number of nitrogens with zero attached hydrogens (tertiary/aromatic N) is 2. The molecular formula is C13H19BrN2. The Bertz CT molecular complexity index is 334. The molecule has 1 fully saturated rings. The van der Waals surface area contributed by atoms with E-state index in [4.69, 9.17) is 0 Å². The summed E-state index contributed by atoms with van der Waals surface area (Å²) in [6, 6.07) is 9.37. The topological polar surface area (TPSA) is 6.48 Å². The third-order valence-electron chi connectivity index (χ3n) is 3.30. The van der Waals surface area contributed by atoms with Gasteiger partial charge in [-0.2, -0.15) is 0 Å². The van der Waals surface area contributed by atoms with Crippen molar-refractivity contribution < 1.29 is 0 Å². The minimum atomic E-state index is 0.732. The smallest absolute Gasteiger partial charge is 0.0234 e. The predicted octanol–water partition coefficient (Wildman–Crippen LogP) is 2.59. The Kier molecular flexibility index (Phi) is 4.00. The number of halogens is 1. The fourth-order valence-corrected chi connectivity index (χ4v) is 2.49. The van der Waals surface area contributed by atoms with E-state index in [0.29, 0.717) is 0 Å². The van der Waals surface area contributed by atoms with Crippen LogP contribution < -0.4 is 0 Å². The second-order valence-electron chi connectivity index (χ2n) is 4.77. The summed E-state index contributed by atoms with van der Waals surface area (Å²) in [5, 5.41) is 0. The Labute approximate surface area is 106 Å². The van der Waals surface area contributed by atoms with E-state index in [1.165, 1.54) is 25.1 Å². The Morgan fingerprint density at radius 1 is 1.31 bits per heavy atom. The first-order chi connectivity index (χ1) is 7.65. The van der Waals surface area contributed by atoms with Crippen LogP contribution in [0.5, 0.6) is 0 Å². The molecule has 0 spiro atoms. The molecule has 1 aliphatic rings. The summed E-state index contributed by atoms with van der Waals surface area (Å²) >= 11 is 3.47. The van der Waals surface area contributed by atoms with E-state index < -0.39 is 0 Å². The fraction of sp³-hybridized carbons (Fsp3) is 0.538. The molecule has 16 heavy (non-hydrogen) atoms. The van der Waals surface area contributed by atoms with Crippen LogP contribution >= 0.6 is 15.9 Å². The average molecular weight is 283 g/mol. The molecule has 1 aliphatic heterocycles. The maximum absolute atomic E-state index is 3.47. The van der Waals surface area contributed by atoms with Gasteiger partial charge in [0.15, 0.2) is 0 Å². The number of benzene rings is 1. The van der Waals surface area contributed by atoms with Crippen molar-refractivity contribution >= 4 is 15.9 Å². The zero-order valence-electron chi connectivity index (χ0n) is 9.99. The molecule has 88 valence electrons. The summed E-state index contributed by atoms with van der Waals surface area (Å²) in [4.78, 5) is 4.87. The lowest BCUT2D eigenvalue weighted by molar-refractivity contribution is 0.264. The maximum atomic E-state index is 3.47. The minimum Gasteiger partial charge on any atom is -0.305 e. The molecule has 0 radical (unpaired) electrons. The Morgan fingerprint density at radius 2 is 2.00 bits per heavy atom. The minimum absolute atomic E-state index is 0.732. The fourth-order valence-electron chi connectivity index (χ4n) is 2.23. The molecule has 0 bridgehead atoms. The van der Waals surface area contributed by atoms with Gasteiger partial charge in [-0.25, -0.2) is 0 Å². The highest BCUT2D eigenvalue weighted by atomic mass is 79.9. The van der Waals surface area contributed by atoms with Crippen LogP contribution in [0.1, 0.15) is 12.0 Å². The van der Waals surface area contributed by atoms with Crippen LogP contribution in [0, 0.1) is 0 Å². The first kappa shape index (κ1) is 12.1. The highest BCUT2D eigenvalue weighted by Gasteiger charge is 2.23. The first-order valence-electron chi connectivity index (χ1n) is 5.78. The number of rotatable bonds is 3. The number of likely N-dealkylation sites (tertiary alicyclic amines) is 1. The highest BCUT2D eigenvalue weighted by Crippen LogP contribution is 2.17. The maximum Gasteiger partial charge on any atom is 0.0234 e. The van der Waals surface area contributed by atoms with Crippen molar-refractivity contribution in [3.63, 3.8) is 0 Å². The van der Waals surface area contributed by atoms with Gasteiger partial charge in [-0.1, -0.05) is 28.1 Å². The van der Waals surface area contributed by atoms with E-state index in [1.807, 2.05) is 0 Å². The lowest BCUT2D eigenvalue weighted by atomic mass is 10.2. The third kappa shape index (κ3) is 3.06. The van der Waals surface area contributed by atoms with Gasteiger partial charge in [0.05, 0.1) is 0 Å². The monoisotopic (exact) mass is 282 g/mol. The van der Waals surface area contributed by atoms with Crippen LogP contribution in [0.15, 0.2) is 28.7 Å². The number of likely N-dealkylation sites (N-methyl/N-ethyl adjacent to an activating group) is 1. The second-order valence-corrected chi connectivity index (χ2v) is 5.68. The van der Waals surface area contributed by atoms with Crippen molar-refractivity contribution in [2.45, 2.75) is 19.0 Å². The molecule has 0 saturated carbocycles. The van der Waals surface area contributed by atoms with Crippen molar-refractivity contribution in [2.75, 3.05) is 27.2 Å². The van der Waals surface area contributed by atoms with Crippen LogP contribution in [0.2, 0.25) is 0 Å². The van der Waals surface area contributed by atoms with Gasteiger partial charge in [0.1, 0.15) is 0 Å². The molecule has 3 heteroatoms. The van der Waals surface area contributed by atoms with Crippen LogP contribution in [-0.2, 0) is 6.54 Å². The van der Waals surface area contributed by atoms with Gasteiger partial charge in [0, 0.05) is 30.1 Å². The molecule has 1 heterocycles. The van der Waals surface area contributed by atoms with Crippen LogP contribution in [0.25, 0.3) is 0 Å². The first-order valence-corrected chi connectivity index (χ1v) is 6.57. The molecule has 2 rings (SSSR count). The summed E-state index contributed by atoms with van der Waals surface area (Å²) in [5.74, 6) is 0. The Morgan fingerprint density at radius 3 is 2.56 bits per heavy atom. The number of hydrogen-bond donors (Lipinski definition) is 0. The Balaban J connectivity index is 1.89. The van der Waals surface area contributed by atoms with Gasteiger partial charge in [0.25, 0.3) is 0 Å². The summed E-state index contributed by atoms with van der Waals surface area (Å²) in [6.45, 7) is 3.50. The quantitative estimate of drug-likeness (QED) is 0.841. The van der Waals surface area contributed by atoms with E-state index in [-0.39, 0.29) is 0 Å². The van der Waals surface area contributed by atoms with Crippen LogP contribution in [0.4, 0.5) is 0 Å². The molecule has 0 unspecified atom stereocenters. The number of hydrogen-bond acceptors (Lipinski definition) is 2. The molecule has 0 aliphatic carbocycles. The van der Waals surface area contributed by atoms with Gasteiger partial charge in [0.2, 0.25) is 0 Å². The highest BCUT2D eigenvalue weighted by molar-refractivity contribution is 9.10. The molecule has 1 saturated heterocycles. The molecular weight excluding hydrogens is 264 g/mol. The van der Waals surface area contributed by atoms with Gasteiger partial charge >= 0.3 is 0 Å². The van der Waals surface area contributed by atoms with Gasteiger partial charge in [-0.15, -0.1) is 0 Å². The van der Waals surface area contributed by atoms with Crippen LogP contribution in [0.3, 0.4) is 0 Å². The van der Waals surface area contributed by atoms with E-state index in [2.05, 4.69) is 64.1 Å². The molecule has 1 atom stereocenters. The summed E-state index contributed by atoms with van der Waals surface area (Å²) in [5.41, 5.74) is 1.41. The van der Waals surface area contributed by atoms with Crippen molar-refractivity contribution in [3.8, 4) is 0 Å². The van der Waals surface area contributed by atoms with Gasteiger partial charge in [-0.3, -0.25) is 4.90 Å². The van der Waals surface area contributed by atoms with Crippen LogP contribution in [-0.4, -0.2) is 43.0 Å². The summed E-state index contributed by atoms with van der Waals surface area (Å²) < 4.78 is 1.16. The standard InChI is InChI=1S/C13H19BrN2/c1-15(2)13-7-8-16(10-13)9-11-3-5-12(14)6-4-11/h3-6,13H,7-10H2,1-2H3/t13-/m0/s1. The molecule has 0 N–H and O–H groups in total. The normalized spacial score (nSPS) is 21.9. The lowest BCUT2D eigenvalue weighted by Crippen LogP contribution is -2.31. The van der Waals surface area contributed by atoms with Crippen molar-refractivity contribution in [3.05, 3.63) is 34.3 Å². The van der Waals surface area contributed by atoms with E-state index in [9.17, 15) is 0 Å². The summed E-state index contributed by atoms with van der Waals surface area (Å²) in [6.07, 6.45) is 1.30. The van der Waals surface area contributed by atoms with Crippen molar-refractivity contribution in [1.29, 1.82) is 0 Å². The lowest BCUT2D eigenvalue weighted by Gasteiger charge is -2.20. The largest absolute Gasteiger partial charge is 0.305 e. The molecule has 2 nitrogen and oxygen atoms in total. The van der Waals surface area contributed by atoms with Crippen molar-refractivity contribution in [1.82, 2.24) is 9.80 Å². The molecule has 1 aromatic carbocycles. The average Bonchev–Trinajstić information content (AvgIpc) is 2.70. The Hall–Kier alpha value is -0.380. The van der Waals surface area contributed by atoms with E-state index >= 15 is 0 Å². The van der Waals surface area contributed by atoms with E-state index in [0.717, 1.165) is 17.1 Å². The predicted molar refractivity (Wildman–Crippen MR) is 71.5 cm³/mol. The zero-order chi connectivity index (χ0) is 11.5. The van der Waals surface area contributed by atoms with Crippen molar-refractivity contribution in [2.24, 2.45) is 0 Å². The summed E-state index contributed by atoms with van der Waals surface area (Å²) in [7, 11) is 4.35. The molecule has 0 aromatic heterocycles. The third-order valence-corrected chi connectivity index (χ3v) is 3.83. The second kappa shape index (κ2) is 5.30. The molecule has 1 aromatic rings. The SMILES string of the molecule is CN(C)[C@H]1CCN(Cc2ccc(Br)cc2)C1. The van der Waals surface area contributed by atoms with Gasteiger partial charge < -0.3 is 4.90 Å². The molecule has 0 amide bonds. The zero-order valence-corrected chi connectivity index (χ0v) is 11.6. The van der Waals surface area contributed by atoms with Gasteiger partial charge in [-0.05, 0) is 38.2 Å².